The predicted molar refractivity (Wildman–Crippen MR) is 200 cm³/mol. The maximum atomic E-state index is 9.63. The van der Waals surface area contributed by atoms with Crippen molar-refractivity contribution >= 4 is 49.0 Å². The van der Waals surface area contributed by atoms with Crippen LogP contribution in [0.4, 0.5) is 0 Å². The first-order valence-corrected chi connectivity index (χ1v) is 21.2. The number of nitrogens with zero attached hydrogens (tertiary/aromatic N) is 4. The molecule has 6 heteroatoms. The summed E-state index contributed by atoms with van der Waals surface area (Å²) in [4.78, 5) is 10.4. The van der Waals surface area contributed by atoms with E-state index < -0.39 is 16.1 Å². The minimum Gasteiger partial charge on any atom is -0.243 e. The SMILES string of the molecule is CC(C)[Si](C#Cc1ccc(C#C[Si](C(C)C)(C(C)C)C(C)C)c2nc3cc4cc(C#N)c(C#N)cc4cc3nc12)(C(C)C)C(C)C. The molecule has 0 aliphatic rings. The van der Waals surface area contributed by atoms with Crippen molar-refractivity contribution in [2.75, 3.05) is 0 Å². The van der Waals surface area contributed by atoms with Crippen molar-refractivity contribution in [3.63, 3.8) is 0 Å². The van der Waals surface area contributed by atoms with Crippen LogP contribution in [0, 0.1) is 45.6 Å². The number of aromatic nitrogens is 2. The van der Waals surface area contributed by atoms with Crippen LogP contribution in [-0.4, -0.2) is 26.1 Å². The highest BCUT2D eigenvalue weighted by atomic mass is 28.3. The lowest BCUT2D eigenvalue weighted by atomic mass is 10.0. The standard InChI is InChI=1S/C40H48N4Si2/c1-25(2)45(26(3)4,27(5)6)17-15-31-13-14-32(16-18-46(28(7)8,29(9)10)30(11)12)40-39(31)43-37-21-33-19-35(23-41)36(24-42)20-34(33)22-38(37)44-40/h13-14,19-22,25-30H,1-12H3. The van der Waals surface area contributed by atoms with Gasteiger partial charge in [-0.3, -0.25) is 0 Å². The minimum absolute atomic E-state index is 0.359. The lowest BCUT2D eigenvalue weighted by Crippen LogP contribution is -2.43. The second-order valence-corrected chi connectivity index (χ2v) is 25.8. The molecule has 0 spiro atoms. The first-order chi connectivity index (χ1) is 21.6. The lowest BCUT2D eigenvalue weighted by molar-refractivity contribution is 0.838. The van der Waals surface area contributed by atoms with Gasteiger partial charge in [0.2, 0.25) is 0 Å². The summed E-state index contributed by atoms with van der Waals surface area (Å²) in [5, 5.41) is 21.0. The van der Waals surface area contributed by atoms with Gasteiger partial charge in [0, 0.05) is 0 Å². The zero-order valence-corrected chi connectivity index (χ0v) is 31.7. The summed E-state index contributed by atoms with van der Waals surface area (Å²) < 4.78 is 0. The number of fused-ring (bicyclic) bond motifs is 3. The second-order valence-electron chi connectivity index (χ2n) is 14.7. The summed E-state index contributed by atoms with van der Waals surface area (Å²) in [7, 11) is -3.98. The van der Waals surface area contributed by atoms with Crippen molar-refractivity contribution in [3.8, 4) is 35.1 Å². The van der Waals surface area contributed by atoms with Gasteiger partial charge in [-0.15, -0.1) is 11.1 Å². The molecule has 0 N–H and O–H groups in total. The van der Waals surface area contributed by atoms with Crippen molar-refractivity contribution in [3.05, 3.63) is 58.7 Å². The van der Waals surface area contributed by atoms with Crippen LogP contribution in [0.15, 0.2) is 36.4 Å². The average Bonchev–Trinajstić information content (AvgIpc) is 2.98. The van der Waals surface area contributed by atoms with E-state index in [1.54, 1.807) is 12.1 Å². The Morgan fingerprint density at radius 3 is 1.04 bits per heavy atom. The van der Waals surface area contributed by atoms with Crippen LogP contribution in [0.25, 0.3) is 32.8 Å². The van der Waals surface area contributed by atoms with E-state index in [0.29, 0.717) is 44.4 Å². The monoisotopic (exact) mass is 640 g/mol. The Morgan fingerprint density at radius 1 is 0.478 bits per heavy atom. The Bertz CT molecular complexity index is 1830. The van der Waals surface area contributed by atoms with Gasteiger partial charge in [-0.25, -0.2) is 9.97 Å². The molecule has 4 nitrogen and oxygen atoms in total. The molecule has 1 aromatic heterocycles. The van der Waals surface area contributed by atoms with Gasteiger partial charge in [-0.2, -0.15) is 10.5 Å². The molecule has 236 valence electrons. The normalized spacial score (nSPS) is 12.3. The third kappa shape index (κ3) is 5.98. The van der Waals surface area contributed by atoms with Crippen LogP contribution in [0.3, 0.4) is 0 Å². The molecule has 46 heavy (non-hydrogen) atoms. The third-order valence-corrected chi connectivity index (χ3v) is 23.1. The zero-order valence-electron chi connectivity index (χ0n) is 29.7. The fraction of sp³-hybridized carbons (Fsp3) is 0.450. The molecule has 1 heterocycles. The van der Waals surface area contributed by atoms with E-state index in [4.69, 9.17) is 9.97 Å². The second kappa shape index (κ2) is 13.4. The van der Waals surface area contributed by atoms with Gasteiger partial charge in [0.1, 0.15) is 39.3 Å². The van der Waals surface area contributed by atoms with Gasteiger partial charge in [-0.05, 0) is 80.4 Å². The van der Waals surface area contributed by atoms with Crippen LogP contribution < -0.4 is 0 Å². The highest BCUT2D eigenvalue weighted by Gasteiger charge is 2.42. The topological polar surface area (TPSA) is 73.4 Å². The molecular weight excluding hydrogens is 593 g/mol. The summed E-state index contributed by atoms with van der Waals surface area (Å²) in [6, 6.07) is 16.0. The van der Waals surface area contributed by atoms with Gasteiger partial charge in [0.25, 0.3) is 0 Å². The number of hydrogen-bond donors (Lipinski definition) is 0. The van der Waals surface area contributed by atoms with Gasteiger partial charge in [0.15, 0.2) is 0 Å². The van der Waals surface area contributed by atoms with E-state index in [-0.39, 0.29) is 0 Å². The van der Waals surface area contributed by atoms with E-state index in [1.807, 2.05) is 12.1 Å². The molecule has 0 unspecified atom stereocenters. The summed E-state index contributed by atoms with van der Waals surface area (Å²) in [5.41, 5.74) is 16.4. The zero-order chi connectivity index (χ0) is 34.1. The van der Waals surface area contributed by atoms with Crippen LogP contribution in [0.1, 0.15) is 105 Å². The summed E-state index contributed by atoms with van der Waals surface area (Å²) >= 11 is 0. The van der Waals surface area contributed by atoms with Crippen molar-refractivity contribution in [1.29, 1.82) is 10.5 Å². The molecule has 0 aliphatic heterocycles. The molecular formula is C40H48N4Si2. The molecule has 0 bridgehead atoms. The Labute approximate surface area is 278 Å². The van der Waals surface area contributed by atoms with Crippen LogP contribution in [0.5, 0.6) is 0 Å². The number of rotatable bonds is 6. The maximum Gasteiger partial charge on any atom is 0.146 e. The number of benzene rings is 3. The predicted octanol–water partition coefficient (Wildman–Crippen LogP) is 10.8. The quantitative estimate of drug-likeness (QED) is 0.119. The Kier molecular flexibility index (Phi) is 10.2. The van der Waals surface area contributed by atoms with Crippen LogP contribution in [-0.2, 0) is 0 Å². The molecule has 0 amide bonds. The molecule has 0 saturated carbocycles. The molecule has 4 aromatic rings. The van der Waals surface area contributed by atoms with Crippen molar-refractivity contribution in [2.45, 2.75) is 116 Å². The Hall–Kier alpha value is -3.95. The summed E-state index contributed by atoms with van der Waals surface area (Å²) in [6.45, 7) is 28.0. The molecule has 3 aromatic carbocycles. The van der Waals surface area contributed by atoms with Crippen LogP contribution in [0.2, 0.25) is 33.2 Å². The minimum atomic E-state index is -1.99. The van der Waals surface area contributed by atoms with E-state index in [2.05, 4.69) is 130 Å². The first kappa shape index (κ1) is 34.9. The van der Waals surface area contributed by atoms with Gasteiger partial charge in [-0.1, -0.05) is 94.9 Å². The highest BCUT2D eigenvalue weighted by Crippen LogP contribution is 2.42. The molecule has 0 atom stereocenters. The first-order valence-electron chi connectivity index (χ1n) is 16.7. The molecule has 0 radical (unpaired) electrons. The summed E-state index contributed by atoms with van der Waals surface area (Å²) in [6.07, 6.45) is 0. The van der Waals surface area contributed by atoms with Crippen molar-refractivity contribution < 1.29 is 0 Å². The van der Waals surface area contributed by atoms with Crippen molar-refractivity contribution in [2.24, 2.45) is 0 Å². The van der Waals surface area contributed by atoms with Gasteiger partial charge in [0.05, 0.1) is 33.3 Å². The molecule has 4 rings (SSSR count). The molecule has 0 fully saturated rings. The van der Waals surface area contributed by atoms with Crippen molar-refractivity contribution in [1.82, 2.24) is 9.97 Å². The number of hydrogen-bond acceptors (Lipinski definition) is 4. The van der Waals surface area contributed by atoms with Gasteiger partial charge >= 0.3 is 0 Å². The fourth-order valence-electron chi connectivity index (χ4n) is 8.16. The lowest BCUT2D eigenvalue weighted by Gasteiger charge is -2.38. The Balaban J connectivity index is 2.11. The Morgan fingerprint density at radius 2 is 0.783 bits per heavy atom. The van der Waals surface area contributed by atoms with E-state index in [9.17, 15) is 10.5 Å². The largest absolute Gasteiger partial charge is 0.243 e. The summed E-state index contributed by atoms with van der Waals surface area (Å²) in [5.74, 6) is 7.31. The van der Waals surface area contributed by atoms with E-state index >= 15 is 0 Å². The molecule has 0 saturated heterocycles. The molecule has 0 aliphatic carbocycles. The fourth-order valence-corrected chi connectivity index (χ4v) is 18.6. The third-order valence-electron chi connectivity index (χ3n) is 10.5. The maximum absolute atomic E-state index is 9.63. The van der Waals surface area contributed by atoms with E-state index in [1.165, 1.54) is 0 Å². The van der Waals surface area contributed by atoms with Crippen LogP contribution >= 0.6 is 0 Å². The number of nitriles is 2. The average molecular weight is 641 g/mol. The smallest absolute Gasteiger partial charge is 0.146 e. The highest BCUT2D eigenvalue weighted by molar-refractivity contribution is 6.91. The van der Waals surface area contributed by atoms with Gasteiger partial charge < -0.3 is 0 Å². The van der Waals surface area contributed by atoms with E-state index in [0.717, 1.165) is 44.0 Å².